The summed E-state index contributed by atoms with van der Waals surface area (Å²) in [6.45, 7) is 2.91. The maximum absolute atomic E-state index is 5.19. The summed E-state index contributed by atoms with van der Waals surface area (Å²) >= 11 is 0. The van der Waals surface area contributed by atoms with E-state index in [0.29, 0.717) is 6.04 Å². The molecule has 0 heterocycles. The molecule has 0 aromatic rings. The molecule has 0 radical (unpaired) electrons. The van der Waals surface area contributed by atoms with Crippen LogP contribution in [-0.4, -0.2) is 25.6 Å². The molecule has 4 heteroatoms. The summed E-state index contributed by atoms with van der Waals surface area (Å²) in [7, 11) is 1.98. The molecule has 0 fully saturated rings. The molecule has 0 aromatic carbocycles. The van der Waals surface area contributed by atoms with Crippen LogP contribution in [0.3, 0.4) is 0 Å². The minimum atomic E-state index is 0.188. The summed E-state index contributed by atoms with van der Waals surface area (Å²) in [6, 6.07) is 0.596. The third-order valence-corrected chi connectivity index (χ3v) is 1.91. The van der Waals surface area contributed by atoms with Gasteiger partial charge in [-0.05, 0) is 26.3 Å². The summed E-state index contributed by atoms with van der Waals surface area (Å²) in [5, 5.41) is 3.23. The first-order chi connectivity index (χ1) is 5.70. The normalized spacial score (nSPS) is 12.5. The number of nitrogens with zero attached hydrogens (tertiary/aromatic N) is 1. The first-order valence-corrected chi connectivity index (χ1v) is 4.43. The van der Waals surface area contributed by atoms with E-state index in [-0.39, 0.29) is 5.96 Å². The Hall–Kier alpha value is -0.770. The molecule has 1 atom stereocenters. The predicted octanol–water partition coefficient (Wildman–Crippen LogP) is 0.0380. The third kappa shape index (κ3) is 5.97. The van der Waals surface area contributed by atoms with Crippen LogP contribution in [0.15, 0.2) is 4.99 Å². The zero-order chi connectivity index (χ0) is 9.40. The molecular weight excluding hydrogens is 152 g/mol. The van der Waals surface area contributed by atoms with Gasteiger partial charge in [-0.3, -0.25) is 4.99 Å². The fraction of sp³-hybridized carbons (Fsp3) is 0.875. The van der Waals surface area contributed by atoms with Crippen molar-refractivity contribution >= 4 is 5.96 Å². The number of hydrogen-bond donors (Lipinski definition) is 3. The van der Waals surface area contributed by atoms with Crippen molar-refractivity contribution in [2.75, 3.05) is 13.6 Å². The molecule has 0 unspecified atom stereocenters. The van der Waals surface area contributed by atoms with Crippen LogP contribution in [0.1, 0.15) is 26.2 Å². The molecule has 4 nitrogen and oxygen atoms in total. The van der Waals surface area contributed by atoms with Crippen LogP contribution in [0.25, 0.3) is 0 Å². The van der Waals surface area contributed by atoms with E-state index in [1.54, 1.807) is 0 Å². The van der Waals surface area contributed by atoms with Crippen LogP contribution in [0.4, 0.5) is 0 Å². The Balaban J connectivity index is 3.35. The lowest BCUT2D eigenvalue weighted by Crippen LogP contribution is -2.25. The predicted molar refractivity (Wildman–Crippen MR) is 53.0 cm³/mol. The summed E-state index contributed by atoms with van der Waals surface area (Å²) in [5.41, 5.74) is 10.4. The zero-order valence-electron chi connectivity index (χ0n) is 8.01. The Morgan fingerprint density at radius 2 is 2.17 bits per heavy atom. The Morgan fingerprint density at radius 3 is 2.58 bits per heavy atom. The van der Waals surface area contributed by atoms with Gasteiger partial charge in [0.15, 0.2) is 5.96 Å². The van der Waals surface area contributed by atoms with Crippen molar-refractivity contribution in [1.82, 2.24) is 5.32 Å². The van der Waals surface area contributed by atoms with Crippen molar-refractivity contribution in [2.45, 2.75) is 32.2 Å². The largest absolute Gasteiger partial charge is 0.370 e. The smallest absolute Gasteiger partial charge is 0.185 e. The number of hydrogen-bond acceptors (Lipinski definition) is 2. The van der Waals surface area contributed by atoms with Crippen molar-refractivity contribution in [1.29, 1.82) is 0 Å². The van der Waals surface area contributed by atoms with Crippen molar-refractivity contribution < 1.29 is 0 Å². The maximum atomic E-state index is 5.19. The van der Waals surface area contributed by atoms with Gasteiger partial charge in [0, 0.05) is 12.6 Å². The van der Waals surface area contributed by atoms with Gasteiger partial charge >= 0.3 is 0 Å². The van der Waals surface area contributed by atoms with E-state index in [0.717, 1.165) is 25.8 Å². The number of nitrogens with one attached hydrogen (secondary N) is 1. The minimum Gasteiger partial charge on any atom is -0.370 e. The van der Waals surface area contributed by atoms with Crippen LogP contribution in [-0.2, 0) is 0 Å². The highest BCUT2D eigenvalue weighted by Gasteiger charge is 2.00. The van der Waals surface area contributed by atoms with Gasteiger partial charge in [0.2, 0.25) is 0 Å². The van der Waals surface area contributed by atoms with Gasteiger partial charge in [-0.2, -0.15) is 0 Å². The topological polar surface area (TPSA) is 76.4 Å². The Morgan fingerprint density at radius 1 is 1.50 bits per heavy atom. The molecule has 72 valence electrons. The molecule has 0 spiro atoms. The molecule has 0 aliphatic carbocycles. The molecule has 0 bridgehead atoms. The Bertz CT molecular complexity index is 125. The van der Waals surface area contributed by atoms with E-state index >= 15 is 0 Å². The van der Waals surface area contributed by atoms with Crippen molar-refractivity contribution in [3.63, 3.8) is 0 Å². The second-order valence-corrected chi connectivity index (χ2v) is 2.84. The Labute approximate surface area is 74.4 Å². The van der Waals surface area contributed by atoms with E-state index in [9.17, 15) is 0 Å². The van der Waals surface area contributed by atoms with Gasteiger partial charge in [-0.1, -0.05) is 6.92 Å². The molecule has 5 N–H and O–H groups in total. The van der Waals surface area contributed by atoms with Gasteiger partial charge < -0.3 is 16.8 Å². The van der Waals surface area contributed by atoms with Gasteiger partial charge in [-0.15, -0.1) is 0 Å². The van der Waals surface area contributed by atoms with Crippen molar-refractivity contribution in [3.8, 4) is 0 Å². The van der Waals surface area contributed by atoms with Gasteiger partial charge in [0.05, 0.1) is 0 Å². The molecule has 0 rings (SSSR count). The molecule has 0 amide bonds. The van der Waals surface area contributed by atoms with Gasteiger partial charge in [-0.25, -0.2) is 0 Å². The highest BCUT2D eigenvalue weighted by molar-refractivity contribution is 5.75. The number of rotatable bonds is 6. The second-order valence-electron chi connectivity index (χ2n) is 2.84. The van der Waals surface area contributed by atoms with Gasteiger partial charge in [0.1, 0.15) is 0 Å². The molecule has 0 aromatic heterocycles. The lowest BCUT2D eigenvalue weighted by Gasteiger charge is -2.11. The van der Waals surface area contributed by atoms with Crippen LogP contribution >= 0.6 is 0 Å². The monoisotopic (exact) mass is 172 g/mol. The van der Waals surface area contributed by atoms with E-state index in [1.807, 2.05) is 7.05 Å². The standard InChI is InChI=1S/C8H20N4/c1-3-7(11-2)5-4-6-12-8(9)10/h7,11H,3-6H2,1-2H3,(H4,9,10,12)/t7-/m1/s1. The van der Waals surface area contributed by atoms with E-state index < -0.39 is 0 Å². The molecular formula is C8H20N4. The molecule has 0 aliphatic rings. The summed E-state index contributed by atoms with van der Waals surface area (Å²) in [5.74, 6) is 0.188. The van der Waals surface area contributed by atoms with Crippen LogP contribution in [0.5, 0.6) is 0 Å². The number of guanidine groups is 1. The molecule has 12 heavy (non-hydrogen) atoms. The minimum absolute atomic E-state index is 0.188. The van der Waals surface area contributed by atoms with Crippen molar-refractivity contribution in [3.05, 3.63) is 0 Å². The zero-order valence-corrected chi connectivity index (χ0v) is 8.01. The summed E-state index contributed by atoms with van der Waals surface area (Å²) in [6.07, 6.45) is 3.32. The third-order valence-electron chi connectivity index (χ3n) is 1.91. The van der Waals surface area contributed by atoms with Crippen molar-refractivity contribution in [2.24, 2.45) is 16.5 Å². The highest BCUT2D eigenvalue weighted by Crippen LogP contribution is 2.00. The van der Waals surface area contributed by atoms with Crippen LogP contribution in [0.2, 0.25) is 0 Å². The fourth-order valence-corrected chi connectivity index (χ4v) is 1.10. The van der Waals surface area contributed by atoms with Crippen LogP contribution < -0.4 is 16.8 Å². The van der Waals surface area contributed by atoms with E-state index in [2.05, 4.69) is 17.2 Å². The molecule has 0 saturated heterocycles. The molecule has 0 aliphatic heterocycles. The first kappa shape index (κ1) is 11.2. The summed E-state index contributed by atoms with van der Waals surface area (Å²) in [4.78, 5) is 3.91. The quantitative estimate of drug-likeness (QED) is 0.301. The fourth-order valence-electron chi connectivity index (χ4n) is 1.10. The molecule has 0 saturated carbocycles. The SMILES string of the molecule is CC[C@H](CCCN=C(N)N)NC. The average molecular weight is 172 g/mol. The number of aliphatic imine (C=N–C) groups is 1. The maximum Gasteiger partial charge on any atom is 0.185 e. The second kappa shape index (κ2) is 6.91. The Kier molecular flexibility index (Phi) is 6.47. The lowest BCUT2D eigenvalue weighted by molar-refractivity contribution is 0.495. The summed E-state index contributed by atoms with van der Waals surface area (Å²) < 4.78 is 0. The van der Waals surface area contributed by atoms with E-state index in [1.165, 1.54) is 0 Å². The van der Waals surface area contributed by atoms with E-state index in [4.69, 9.17) is 11.5 Å². The number of nitrogens with two attached hydrogens (primary N) is 2. The highest BCUT2D eigenvalue weighted by atomic mass is 15.0. The first-order valence-electron chi connectivity index (χ1n) is 4.43. The van der Waals surface area contributed by atoms with Crippen LogP contribution in [0, 0.1) is 0 Å². The average Bonchev–Trinajstić information content (AvgIpc) is 2.04. The van der Waals surface area contributed by atoms with Gasteiger partial charge in [0.25, 0.3) is 0 Å². The lowest BCUT2D eigenvalue weighted by atomic mass is 10.1.